The first-order valence-electron chi connectivity index (χ1n) is 8.34. The SMILES string of the molecule is CCN(Cc1ccccc1)C(=O)c1ccnc(Nc2cccc(F)c2)n1. The lowest BCUT2D eigenvalue weighted by atomic mass is 10.2. The predicted molar refractivity (Wildman–Crippen MR) is 98.6 cm³/mol. The van der Waals surface area contributed by atoms with Crippen molar-refractivity contribution in [1.29, 1.82) is 0 Å². The van der Waals surface area contributed by atoms with Crippen LogP contribution < -0.4 is 5.32 Å². The largest absolute Gasteiger partial charge is 0.333 e. The third-order valence-electron chi connectivity index (χ3n) is 3.84. The number of aromatic nitrogens is 2. The van der Waals surface area contributed by atoms with Crippen molar-refractivity contribution in [1.82, 2.24) is 14.9 Å². The van der Waals surface area contributed by atoms with Gasteiger partial charge in [-0.25, -0.2) is 14.4 Å². The number of hydrogen-bond acceptors (Lipinski definition) is 4. The lowest BCUT2D eigenvalue weighted by molar-refractivity contribution is 0.0746. The van der Waals surface area contributed by atoms with Crippen molar-refractivity contribution in [2.24, 2.45) is 0 Å². The Kier molecular flexibility index (Phi) is 5.53. The molecule has 0 atom stereocenters. The van der Waals surface area contributed by atoms with Crippen LogP contribution in [0.25, 0.3) is 0 Å². The molecule has 0 spiro atoms. The van der Waals surface area contributed by atoms with Crippen LogP contribution in [0.15, 0.2) is 66.9 Å². The molecular formula is C20H19FN4O. The van der Waals surface area contributed by atoms with Crippen molar-refractivity contribution in [3.8, 4) is 0 Å². The van der Waals surface area contributed by atoms with Crippen molar-refractivity contribution < 1.29 is 9.18 Å². The van der Waals surface area contributed by atoms with Gasteiger partial charge in [0.05, 0.1) is 0 Å². The van der Waals surface area contributed by atoms with Gasteiger partial charge in [-0.1, -0.05) is 36.4 Å². The van der Waals surface area contributed by atoms with Crippen molar-refractivity contribution in [2.45, 2.75) is 13.5 Å². The van der Waals surface area contributed by atoms with E-state index < -0.39 is 0 Å². The fraction of sp³-hybridized carbons (Fsp3) is 0.150. The molecule has 0 aliphatic carbocycles. The van der Waals surface area contributed by atoms with E-state index >= 15 is 0 Å². The lowest BCUT2D eigenvalue weighted by Crippen LogP contribution is -2.31. The third kappa shape index (κ3) is 4.42. The monoisotopic (exact) mass is 350 g/mol. The molecule has 0 aliphatic heterocycles. The number of benzene rings is 2. The topological polar surface area (TPSA) is 58.1 Å². The van der Waals surface area contributed by atoms with Crippen LogP contribution in [0.5, 0.6) is 0 Å². The van der Waals surface area contributed by atoms with Crippen LogP contribution in [0.1, 0.15) is 23.0 Å². The van der Waals surface area contributed by atoms with Gasteiger partial charge in [0.25, 0.3) is 5.91 Å². The first-order valence-corrected chi connectivity index (χ1v) is 8.34. The number of halogens is 1. The summed E-state index contributed by atoms with van der Waals surface area (Å²) < 4.78 is 13.3. The van der Waals surface area contributed by atoms with E-state index in [0.717, 1.165) is 5.56 Å². The summed E-state index contributed by atoms with van der Waals surface area (Å²) in [6.45, 7) is 2.99. The van der Waals surface area contributed by atoms with Crippen LogP contribution in [-0.4, -0.2) is 27.3 Å². The first-order chi connectivity index (χ1) is 12.7. The Morgan fingerprint density at radius 3 is 2.65 bits per heavy atom. The van der Waals surface area contributed by atoms with Crippen molar-refractivity contribution in [3.63, 3.8) is 0 Å². The van der Waals surface area contributed by atoms with E-state index in [1.54, 1.807) is 23.1 Å². The van der Waals surface area contributed by atoms with Gasteiger partial charge in [-0.15, -0.1) is 0 Å². The second kappa shape index (κ2) is 8.20. The molecule has 0 bridgehead atoms. The molecule has 0 saturated heterocycles. The fourth-order valence-corrected chi connectivity index (χ4v) is 2.53. The van der Waals surface area contributed by atoms with E-state index in [2.05, 4.69) is 15.3 Å². The average molecular weight is 350 g/mol. The zero-order chi connectivity index (χ0) is 18.4. The molecule has 0 unspecified atom stereocenters. The third-order valence-corrected chi connectivity index (χ3v) is 3.84. The van der Waals surface area contributed by atoms with E-state index in [4.69, 9.17) is 0 Å². The number of nitrogens with zero attached hydrogens (tertiary/aromatic N) is 3. The Morgan fingerprint density at radius 2 is 1.92 bits per heavy atom. The molecule has 0 aliphatic rings. The molecule has 1 N–H and O–H groups in total. The van der Waals surface area contributed by atoms with Gasteiger partial charge in [-0.2, -0.15) is 0 Å². The van der Waals surface area contributed by atoms with E-state index in [9.17, 15) is 9.18 Å². The van der Waals surface area contributed by atoms with Crippen molar-refractivity contribution in [3.05, 3.63) is 83.9 Å². The number of hydrogen-bond donors (Lipinski definition) is 1. The van der Waals surface area contributed by atoms with Gasteiger partial charge in [0.1, 0.15) is 11.5 Å². The zero-order valence-corrected chi connectivity index (χ0v) is 14.4. The average Bonchev–Trinajstić information content (AvgIpc) is 2.66. The summed E-state index contributed by atoms with van der Waals surface area (Å²) in [6.07, 6.45) is 1.51. The lowest BCUT2D eigenvalue weighted by Gasteiger charge is -2.20. The highest BCUT2D eigenvalue weighted by atomic mass is 19.1. The molecule has 3 rings (SSSR count). The minimum atomic E-state index is -0.359. The molecule has 0 saturated carbocycles. The highest BCUT2D eigenvalue weighted by Crippen LogP contribution is 2.15. The summed E-state index contributed by atoms with van der Waals surface area (Å²) in [4.78, 5) is 22.9. The minimum Gasteiger partial charge on any atom is -0.333 e. The van der Waals surface area contributed by atoms with E-state index in [1.807, 2.05) is 37.3 Å². The van der Waals surface area contributed by atoms with Gasteiger partial charge in [0.15, 0.2) is 0 Å². The van der Waals surface area contributed by atoms with Gasteiger partial charge in [0, 0.05) is 25.0 Å². The molecule has 1 aromatic heterocycles. The summed E-state index contributed by atoms with van der Waals surface area (Å²) in [6, 6.07) is 17.3. The number of carbonyl (C=O) groups is 1. The predicted octanol–water partition coefficient (Wildman–Crippen LogP) is 4.02. The maximum absolute atomic E-state index is 13.3. The molecule has 132 valence electrons. The Morgan fingerprint density at radius 1 is 1.12 bits per heavy atom. The number of amides is 1. The molecule has 0 fully saturated rings. The molecule has 3 aromatic rings. The summed E-state index contributed by atoms with van der Waals surface area (Å²) in [5, 5.41) is 2.91. The highest BCUT2D eigenvalue weighted by Gasteiger charge is 2.16. The molecule has 0 radical (unpaired) electrons. The van der Waals surface area contributed by atoms with Crippen LogP contribution in [-0.2, 0) is 6.54 Å². The number of anilines is 2. The summed E-state index contributed by atoms with van der Waals surface area (Å²) >= 11 is 0. The second-order valence-corrected chi connectivity index (χ2v) is 5.71. The van der Waals surface area contributed by atoms with Crippen LogP contribution in [0, 0.1) is 5.82 Å². The van der Waals surface area contributed by atoms with Gasteiger partial charge in [-0.05, 0) is 36.8 Å². The van der Waals surface area contributed by atoms with Gasteiger partial charge < -0.3 is 10.2 Å². The molecule has 1 amide bonds. The van der Waals surface area contributed by atoms with Crippen LogP contribution in [0.3, 0.4) is 0 Å². The number of carbonyl (C=O) groups excluding carboxylic acids is 1. The van der Waals surface area contributed by atoms with Gasteiger partial charge in [0.2, 0.25) is 5.95 Å². The van der Waals surface area contributed by atoms with Crippen LogP contribution >= 0.6 is 0 Å². The zero-order valence-electron chi connectivity index (χ0n) is 14.4. The van der Waals surface area contributed by atoms with Crippen molar-refractivity contribution in [2.75, 3.05) is 11.9 Å². The Bertz CT molecular complexity index is 886. The molecule has 5 nitrogen and oxygen atoms in total. The highest BCUT2D eigenvalue weighted by molar-refractivity contribution is 5.92. The number of nitrogens with one attached hydrogen (secondary N) is 1. The van der Waals surface area contributed by atoms with Crippen LogP contribution in [0.4, 0.5) is 16.0 Å². The van der Waals surface area contributed by atoms with E-state index in [-0.39, 0.29) is 23.4 Å². The smallest absolute Gasteiger partial charge is 0.272 e. The standard InChI is InChI=1S/C20H19FN4O/c1-2-25(14-15-7-4-3-5-8-15)19(26)18-11-12-22-20(24-18)23-17-10-6-9-16(21)13-17/h3-13H,2,14H2,1H3,(H,22,23,24). The molecule has 1 heterocycles. The molecule has 26 heavy (non-hydrogen) atoms. The molecule has 2 aromatic carbocycles. The van der Waals surface area contributed by atoms with E-state index in [1.165, 1.54) is 18.3 Å². The normalized spacial score (nSPS) is 10.4. The summed E-state index contributed by atoms with van der Waals surface area (Å²) in [5.74, 6) is -0.291. The summed E-state index contributed by atoms with van der Waals surface area (Å²) in [7, 11) is 0. The maximum atomic E-state index is 13.3. The van der Waals surface area contributed by atoms with Crippen LogP contribution in [0.2, 0.25) is 0 Å². The summed E-state index contributed by atoms with van der Waals surface area (Å²) in [5.41, 5.74) is 1.86. The quantitative estimate of drug-likeness (QED) is 0.729. The van der Waals surface area contributed by atoms with E-state index in [0.29, 0.717) is 18.8 Å². The molecule has 6 heteroatoms. The van der Waals surface area contributed by atoms with Gasteiger partial charge in [-0.3, -0.25) is 4.79 Å². The second-order valence-electron chi connectivity index (χ2n) is 5.71. The Hall–Kier alpha value is -3.28. The minimum absolute atomic E-state index is 0.180. The maximum Gasteiger partial charge on any atom is 0.272 e. The van der Waals surface area contributed by atoms with Crippen molar-refractivity contribution >= 4 is 17.5 Å². The Balaban J connectivity index is 1.76. The molecular weight excluding hydrogens is 331 g/mol. The first kappa shape index (κ1) is 17.5. The number of rotatable bonds is 6. The van der Waals surface area contributed by atoms with Gasteiger partial charge >= 0.3 is 0 Å². The Labute approximate surface area is 151 Å². The fourth-order valence-electron chi connectivity index (χ4n) is 2.53.